The highest BCUT2D eigenvalue weighted by Gasteiger charge is 2.10. The molecule has 0 bridgehead atoms. The molecule has 5 nitrogen and oxygen atoms in total. The molecule has 1 amide bonds. The number of aromatic nitrogens is 2. The van der Waals surface area contributed by atoms with E-state index in [1.807, 2.05) is 18.2 Å². The van der Waals surface area contributed by atoms with Crippen LogP contribution in [0.3, 0.4) is 0 Å². The molecule has 0 radical (unpaired) electrons. The minimum atomic E-state index is -1.03. The largest absolute Gasteiger partial charge is 0.378 e. The normalized spacial score (nSPS) is 10.3. The van der Waals surface area contributed by atoms with E-state index in [0.717, 1.165) is 17.8 Å². The van der Waals surface area contributed by atoms with Crippen molar-refractivity contribution in [2.24, 2.45) is 0 Å². The number of carbonyl (C=O) groups is 1. The Kier molecular flexibility index (Phi) is 4.94. The first-order chi connectivity index (χ1) is 12.1. The lowest BCUT2D eigenvalue weighted by Crippen LogP contribution is -2.13. The minimum absolute atomic E-state index is 0.163. The molecule has 0 atom stereocenters. The molecule has 0 saturated carbocycles. The fraction of sp³-hybridized carbons (Fsp3) is 0.0556. The van der Waals surface area contributed by atoms with Crippen LogP contribution >= 0.6 is 0 Å². The molecule has 2 aromatic heterocycles. The van der Waals surface area contributed by atoms with E-state index in [4.69, 9.17) is 0 Å². The van der Waals surface area contributed by atoms with Crippen molar-refractivity contribution in [1.29, 1.82) is 0 Å². The average molecular weight is 340 g/mol. The lowest BCUT2D eigenvalue weighted by atomic mass is 10.2. The SMILES string of the molecule is O=C(Nc1ccc(F)c(F)c1)c1cncc(NCc2ccccn2)c1. The highest BCUT2D eigenvalue weighted by atomic mass is 19.2. The van der Waals surface area contributed by atoms with E-state index >= 15 is 0 Å². The first kappa shape index (κ1) is 16.5. The zero-order valence-electron chi connectivity index (χ0n) is 13.0. The van der Waals surface area contributed by atoms with Gasteiger partial charge in [0.05, 0.1) is 23.5 Å². The maximum atomic E-state index is 13.2. The molecule has 25 heavy (non-hydrogen) atoms. The zero-order valence-corrected chi connectivity index (χ0v) is 13.0. The first-order valence-corrected chi connectivity index (χ1v) is 7.47. The molecule has 0 spiro atoms. The van der Waals surface area contributed by atoms with Crippen LogP contribution in [0, 0.1) is 11.6 Å². The summed E-state index contributed by atoms with van der Waals surface area (Å²) in [5, 5.41) is 5.62. The fourth-order valence-electron chi connectivity index (χ4n) is 2.13. The predicted molar refractivity (Wildman–Crippen MR) is 90.1 cm³/mol. The van der Waals surface area contributed by atoms with Crippen molar-refractivity contribution in [2.75, 3.05) is 10.6 Å². The van der Waals surface area contributed by atoms with Crippen molar-refractivity contribution in [1.82, 2.24) is 9.97 Å². The van der Waals surface area contributed by atoms with Gasteiger partial charge in [-0.2, -0.15) is 0 Å². The van der Waals surface area contributed by atoms with Crippen molar-refractivity contribution in [3.05, 3.63) is 83.9 Å². The zero-order chi connectivity index (χ0) is 17.6. The number of benzene rings is 1. The van der Waals surface area contributed by atoms with Crippen LogP contribution in [0.1, 0.15) is 16.1 Å². The molecule has 0 aliphatic carbocycles. The minimum Gasteiger partial charge on any atom is -0.378 e. The van der Waals surface area contributed by atoms with Crippen LogP contribution in [-0.2, 0) is 6.54 Å². The number of hydrogen-bond donors (Lipinski definition) is 2. The van der Waals surface area contributed by atoms with E-state index in [9.17, 15) is 13.6 Å². The van der Waals surface area contributed by atoms with E-state index in [2.05, 4.69) is 20.6 Å². The van der Waals surface area contributed by atoms with Gasteiger partial charge in [-0.05, 0) is 30.3 Å². The van der Waals surface area contributed by atoms with Gasteiger partial charge in [-0.1, -0.05) is 6.07 Å². The van der Waals surface area contributed by atoms with Crippen molar-refractivity contribution >= 4 is 17.3 Å². The highest BCUT2D eigenvalue weighted by Crippen LogP contribution is 2.15. The van der Waals surface area contributed by atoms with Crippen LogP contribution in [0.5, 0.6) is 0 Å². The second kappa shape index (κ2) is 7.48. The first-order valence-electron chi connectivity index (χ1n) is 7.47. The van der Waals surface area contributed by atoms with Crippen LogP contribution < -0.4 is 10.6 Å². The van der Waals surface area contributed by atoms with Gasteiger partial charge in [0.2, 0.25) is 0 Å². The predicted octanol–water partition coefficient (Wildman–Crippen LogP) is 3.62. The maximum absolute atomic E-state index is 13.2. The smallest absolute Gasteiger partial charge is 0.257 e. The highest BCUT2D eigenvalue weighted by molar-refractivity contribution is 6.04. The molecular formula is C18H14F2N4O. The van der Waals surface area contributed by atoms with Gasteiger partial charge in [0.25, 0.3) is 5.91 Å². The number of amides is 1. The third kappa shape index (κ3) is 4.35. The number of nitrogens with zero attached hydrogens (tertiary/aromatic N) is 2. The van der Waals surface area contributed by atoms with Gasteiger partial charge < -0.3 is 10.6 Å². The second-order valence-electron chi connectivity index (χ2n) is 5.22. The topological polar surface area (TPSA) is 66.9 Å². The number of carbonyl (C=O) groups excluding carboxylic acids is 1. The summed E-state index contributed by atoms with van der Waals surface area (Å²) in [5.74, 6) is -2.47. The quantitative estimate of drug-likeness (QED) is 0.744. The summed E-state index contributed by atoms with van der Waals surface area (Å²) in [6.07, 6.45) is 4.67. The molecule has 0 aliphatic heterocycles. The second-order valence-corrected chi connectivity index (χ2v) is 5.22. The lowest BCUT2D eigenvalue weighted by molar-refractivity contribution is 0.102. The van der Waals surface area contributed by atoms with Gasteiger partial charge in [-0.25, -0.2) is 8.78 Å². The molecule has 0 fully saturated rings. The van der Waals surface area contributed by atoms with Crippen LogP contribution in [0.4, 0.5) is 20.2 Å². The number of nitrogens with one attached hydrogen (secondary N) is 2. The molecule has 0 aliphatic rings. The molecule has 0 saturated heterocycles. The standard InChI is InChI=1S/C18H14F2N4O/c19-16-5-4-13(8-17(16)20)24-18(25)12-7-15(10-21-9-12)23-11-14-3-1-2-6-22-14/h1-10,23H,11H2,(H,24,25). The molecule has 1 aromatic carbocycles. The number of rotatable bonds is 5. The van der Waals surface area contributed by atoms with Crippen LogP contribution in [0.15, 0.2) is 61.1 Å². The van der Waals surface area contributed by atoms with Gasteiger partial charge in [0.15, 0.2) is 11.6 Å². The fourth-order valence-corrected chi connectivity index (χ4v) is 2.13. The van der Waals surface area contributed by atoms with Crippen LogP contribution in [0.2, 0.25) is 0 Å². The molecule has 0 unspecified atom stereocenters. The average Bonchev–Trinajstić information content (AvgIpc) is 2.64. The Morgan fingerprint density at radius 2 is 1.88 bits per heavy atom. The Morgan fingerprint density at radius 3 is 2.64 bits per heavy atom. The van der Waals surface area contributed by atoms with Crippen molar-refractivity contribution in [2.45, 2.75) is 6.54 Å². The van der Waals surface area contributed by atoms with Gasteiger partial charge in [0, 0.05) is 30.3 Å². The molecule has 126 valence electrons. The van der Waals surface area contributed by atoms with E-state index in [-0.39, 0.29) is 11.3 Å². The molecular weight excluding hydrogens is 326 g/mol. The lowest BCUT2D eigenvalue weighted by Gasteiger charge is -2.08. The summed E-state index contributed by atoms with van der Waals surface area (Å²) in [6.45, 7) is 0.483. The Morgan fingerprint density at radius 1 is 1.00 bits per heavy atom. The maximum Gasteiger partial charge on any atom is 0.257 e. The summed E-state index contributed by atoms with van der Waals surface area (Å²) in [7, 11) is 0. The van der Waals surface area contributed by atoms with E-state index < -0.39 is 17.5 Å². The number of anilines is 2. The molecule has 3 aromatic rings. The monoisotopic (exact) mass is 340 g/mol. The molecule has 7 heteroatoms. The van der Waals surface area contributed by atoms with E-state index in [0.29, 0.717) is 12.2 Å². The number of pyridine rings is 2. The van der Waals surface area contributed by atoms with Crippen LogP contribution in [0.25, 0.3) is 0 Å². The third-order valence-electron chi connectivity index (χ3n) is 3.38. The van der Waals surface area contributed by atoms with Crippen molar-refractivity contribution in [3.8, 4) is 0 Å². The number of halogens is 2. The Hall–Kier alpha value is -3.35. The van der Waals surface area contributed by atoms with Gasteiger partial charge in [0.1, 0.15) is 0 Å². The molecule has 2 heterocycles. The van der Waals surface area contributed by atoms with E-state index in [1.54, 1.807) is 18.5 Å². The van der Waals surface area contributed by atoms with E-state index in [1.165, 1.54) is 12.3 Å². The third-order valence-corrected chi connectivity index (χ3v) is 3.38. The van der Waals surface area contributed by atoms with Gasteiger partial charge in [-0.3, -0.25) is 14.8 Å². The summed E-state index contributed by atoms with van der Waals surface area (Å²) in [6, 6.07) is 10.4. The summed E-state index contributed by atoms with van der Waals surface area (Å²) in [5.41, 5.74) is 1.94. The van der Waals surface area contributed by atoms with Gasteiger partial charge in [-0.15, -0.1) is 0 Å². The molecule has 2 N–H and O–H groups in total. The van der Waals surface area contributed by atoms with Crippen molar-refractivity contribution in [3.63, 3.8) is 0 Å². The summed E-state index contributed by atoms with van der Waals surface area (Å²) in [4.78, 5) is 20.4. The summed E-state index contributed by atoms with van der Waals surface area (Å²) < 4.78 is 26.1. The van der Waals surface area contributed by atoms with Gasteiger partial charge >= 0.3 is 0 Å². The number of hydrogen-bond acceptors (Lipinski definition) is 4. The summed E-state index contributed by atoms with van der Waals surface area (Å²) >= 11 is 0. The Balaban J connectivity index is 1.67. The van der Waals surface area contributed by atoms with Crippen LogP contribution in [-0.4, -0.2) is 15.9 Å². The Bertz CT molecular complexity index is 887. The molecule has 3 rings (SSSR count). The Labute approximate surface area is 142 Å². The van der Waals surface area contributed by atoms with Crippen molar-refractivity contribution < 1.29 is 13.6 Å².